The van der Waals surface area contributed by atoms with Gasteiger partial charge < -0.3 is 14.2 Å². The van der Waals surface area contributed by atoms with Crippen LogP contribution in [-0.2, 0) is 6.42 Å². The van der Waals surface area contributed by atoms with Gasteiger partial charge >= 0.3 is 0 Å². The number of benzene rings is 3. The lowest BCUT2D eigenvalue weighted by Gasteiger charge is -2.09. The van der Waals surface area contributed by atoms with Gasteiger partial charge in [0.2, 0.25) is 0 Å². The third-order valence-corrected chi connectivity index (χ3v) is 6.81. The highest BCUT2D eigenvalue weighted by Gasteiger charge is 2.15. The van der Waals surface area contributed by atoms with E-state index in [2.05, 4.69) is 41.6 Å². The minimum atomic E-state index is -0.444. The van der Waals surface area contributed by atoms with E-state index in [1.165, 1.54) is 5.56 Å². The molecule has 2 aromatic heterocycles. The maximum atomic E-state index is 12.6. The SMILES string of the molecule is Cc1ccc(-c2ccc(C(=O)NC(=S)Nc3ccc(Cc4nc5cc(C(C)C)ccc5o4)cc3)o2)cc1Cl. The fourth-order valence-corrected chi connectivity index (χ4v) is 4.39. The average Bonchev–Trinajstić information content (AvgIpc) is 3.53. The largest absolute Gasteiger partial charge is 0.451 e. The number of thiocarbonyl (C=S) groups is 1. The van der Waals surface area contributed by atoms with Crippen molar-refractivity contribution in [2.75, 3.05) is 5.32 Å². The number of hydrogen-bond donors (Lipinski definition) is 2. The number of nitrogens with one attached hydrogen (secondary N) is 2. The molecule has 0 aliphatic rings. The van der Waals surface area contributed by atoms with Crippen molar-refractivity contribution in [1.82, 2.24) is 10.3 Å². The van der Waals surface area contributed by atoms with E-state index >= 15 is 0 Å². The fourth-order valence-electron chi connectivity index (χ4n) is 4.00. The number of aryl methyl sites for hydroxylation is 1. The lowest BCUT2D eigenvalue weighted by Crippen LogP contribution is -2.33. The van der Waals surface area contributed by atoms with Crippen molar-refractivity contribution in [3.63, 3.8) is 0 Å². The first-order chi connectivity index (χ1) is 18.2. The quantitative estimate of drug-likeness (QED) is 0.212. The Bertz CT molecular complexity index is 1640. The van der Waals surface area contributed by atoms with Crippen LogP contribution in [0.4, 0.5) is 5.69 Å². The number of carbonyl (C=O) groups is 1. The minimum absolute atomic E-state index is 0.148. The summed E-state index contributed by atoms with van der Waals surface area (Å²) < 4.78 is 11.6. The Morgan fingerprint density at radius 3 is 2.53 bits per heavy atom. The number of nitrogens with zero attached hydrogens (tertiary/aromatic N) is 1. The van der Waals surface area contributed by atoms with Crippen LogP contribution in [0.3, 0.4) is 0 Å². The van der Waals surface area contributed by atoms with Crippen LogP contribution >= 0.6 is 23.8 Å². The molecule has 0 bridgehead atoms. The Hall–Kier alpha value is -3.94. The zero-order chi connectivity index (χ0) is 26.8. The molecule has 0 fully saturated rings. The van der Waals surface area contributed by atoms with Crippen molar-refractivity contribution in [2.45, 2.75) is 33.1 Å². The van der Waals surface area contributed by atoms with E-state index in [1.54, 1.807) is 18.2 Å². The molecule has 0 saturated carbocycles. The van der Waals surface area contributed by atoms with Crippen LogP contribution < -0.4 is 10.6 Å². The minimum Gasteiger partial charge on any atom is -0.451 e. The number of anilines is 1. The molecule has 0 aliphatic carbocycles. The molecule has 1 amide bonds. The standard InChI is InChI=1S/C30H26ClN3O3S/c1-17(2)20-8-11-26-24(16-20)33-28(37-26)14-19-5-9-22(10-6-19)32-30(38)34-29(35)27-13-12-25(36-27)21-7-4-18(3)23(31)15-21/h4-13,15-17H,14H2,1-3H3,(H2,32,34,35,38). The molecule has 192 valence electrons. The average molecular weight is 544 g/mol. The molecule has 0 aliphatic heterocycles. The summed E-state index contributed by atoms with van der Waals surface area (Å²) in [5.41, 5.74) is 6.44. The van der Waals surface area contributed by atoms with Gasteiger partial charge in [0.05, 0.1) is 0 Å². The van der Waals surface area contributed by atoms with Gasteiger partial charge in [0.25, 0.3) is 5.91 Å². The molecule has 2 N–H and O–H groups in total. The van der Waals surface area contributed by atoms with Crippen molar-refractivity contribution in [3.05, 3.63) is 106 Å². The summed E-state index contributed by atoms with van der Waals surface area (Å²) in [6.45, 7) is 6.24. The predicted molar refractivity (Wildman–Crippen MR) is 155 cm³/mol. The van der Waals surface area contributed by atoms with Crippen molar-refractivity contribution >= 4 is 51.6 Å². The Balaban J connectivity index is 1.18. The summed E-state index contributed by atoms with van der Waals surface area (Å²) in [5, 5.41) is 6.47. The van der Waals surface area contributed by atoms with E-state index in [1.807, 2.05) is 49.4 Å². The number of halogens is 1. The molecule has 0 spiro atoms. The van der Waals surface area contributed by atoms with Crippen LogP contribution in [0, 0.1) is 6.92 Å². The normalized spacial score (nSPS) is 11.2. The Labute approximate surface area is 231 Å². The maximum Gasteiger partial charge on any atom is 0.293 e. The molecule has 3 aromatic carbocycles. The molecule has 38 heavy (non-hydrogen) atoms. The molecule has 2 heterocycles. The molecule has 5 aromatic rings. The van der Waals surface area contributed by atoms with Crippen molar-refractivity contribution in [2.24, 2.45) is 0 Å². The first-order valence-electron chi connectivity index (χ1n) is 12.2. The summed E-state index contributed by atoms with van der Waals surface area (Å²) in [5.74, 6) is 1.35. The van der Waals surface area contributed by atoms with Crippen LogP contribution in [0.1, 0.15) is 52.9 Å². The van der Waals surface area contributed by atoms with Gasteiger partial charge in [-0.25, -0.2) is 4.98 Å². The number of amides is 1. The molecule has 8 heteroatoms. The number of hydrogen-bond acceptors (Lipinski definition) is 5. The lowest BCUT2D eigenvalue weighted by molar-refractivity contribution is 0.0951. The van der Waals surface area contributed by atoms with Crippen LogP contribution in [0.15, 0.2) is 81.6 Å². The van der Waals surface area contributed by atoms with E-state index < -0.39 is 5.91 Å². The van der Waals surface area contributed by atoms with Crippen LogP contribution in [0.25, 0.3) is 22.4 Å². The summed E-state index contributed by atoms with van der Waals surface area (Å²) in [6.07, 6.45) is 0.570. The molecular formula is C30H26ClN3O3S. The molecular weight excluding hydrogens is 518 g/mol. The summed E-state index contributed by atoms with van der Waals surface area (Å²) in [4.78, 5) is 17.3. The van der Waals surface area contributed by atoms with Gasteiger partial charge in [-0.2, -0.15) is 0 Å². The monoisotopic (exact) mass is 543 g/mol. The molecule has 0 atom stereocenters. The molecule has 5 rings (SSSR count). The van der Waals surface area contributed by atoms with Gasteiger partial charge in [0.1, 0.15) is 11.3 Å². The summed E-state index contributed by atoms with van der Waals surface area (Å²) >= 11 is 11.5. The van der Waals surface area contributed by atoms with Crippen molar-refractivity contribution < 1.29 is 13.6 Å². The van der Waals surface area contributed by atoms with Gasteiger partial charge in [-0.05, 0) is 84.2 Å². The number of fused-ring (bicyclic) bond motifs is 1. The second-order valence-corrected chi connectivity index (χ2v) is 10.2. The second-order valence-electron chi connectivity index (χ2n) is 9.40. The van der Waals surface area contributed by atoms with Gasteiger partial charge in [-0.15, -0.1) is 0 Å². The Morgan fingerprint density at radius 2 is 1.79 bits per heavy atom. The van der Waals surface area contributed by atoms with Gasteiger partial charge in [-0.1, -0.05) is 55.8 Å². The highest BCUT2D eigenvalue weighted by atomic mass is 35.5. The van der Waals surface area contributed by atoms with E-state index in [9.17, 15) is 4.79 Å². The maximum absolute atomic E-state index is 12.6. The van der Waals surface area contributed by atoms with Crippen LogP contribution in [0.2, 0.25) is 5.02 Å². The van der Waals surface area contributed by atoms with Crippen LogP contribution in [0.5, 0.6) is 0 Å². The number of rotatable bonds is 6. The topological polar surface area (TPSA) is 80.3 Å². The predicted octanol–water partition coefficient (Wildman–Crippen LogP) is 7.89. The first-order valence-corrected chi connectivity index (χ1v) is 13.0. The van der Waals surface area contributed by atoms with Crippen molar-refractivity contribution in [1.29, 1.82) is 0 Å². The zero-order valence-corrected chi connectivity index (χ0v) is 22.7. The van der Waals surface area contributed by atoms with E-state index in [0.29, 0.717) is 29.0 Å². The number of carbonyl (C=O) groups excluding carboxylic acids is 1. The van der Waals surface area contributed by atoms with Gasteiger partial charge in [0.15, 0.2) is 22.3 Å². The molecule has 0 radical (unpaired) electrons. The lowest BCUT2D eigenvalue weighted by atomic mass is 10.0. The summed E-state index contributed by atoms with van der Waals surface area (Å²) in [6, 6.07) is 22.8. The van der Waals surface area contributed by atoms with Crippen LogP contribution in [-0.4, -0.2) is 16.0 Å². The molecule has 0 saturated heterocycles. The van der Waals surface area contributed by atoms with Gasteiger partial charge in [-0.3, -0.25) is 10.1 Å². The highest BCUT2D eigenvalue weighted by Crippen LogP contribution is 2.27. The molecule has 6 nitrogen and oxygen atoms in total. The smallest absolute Gasteiger partial charge is 0.293 e. The van der Waals surface area contributed by atoms with Crippen molar-refractivity contribution in [3.8, 4) is 11.3 Å². The van der Waals surface area contributed by atoms with E-state index in [4.69, 9.17) is 32.7 Å². The number of oxazole rings is 1. The van der Waals surface area contributed by atoms with E-state index in [0.717, 1.165) is 33.5 Å². The highest BCUT2D eigenvalue weighted by molar-refractivity contribution is 7.80. The third kappa shape index (κ3) is 5.79. The fraction of sp³-hybridized carbons (Fsp3) is 0.167. The molecule has 0 unspecified atom stereocenters. The number of furan rings is 1. The third-order valence-electron chi connectivity index (χ3n) is 6.20. The first kappa shape index (κ1) is 25.7. The number of aromatic nitrogens is 1. The van der Waals surface area contributed by atoms with E-state index in [-0.39, 0.29) is 10.9 Å². The Morgan fingerprint density at radius 1 is 1.00 bits per heavy atom. The second kappa shape index (κ2) is 10.8. The summed E-state index contributed by atoms with van der Waals surface area (Å²) in [7, 11) is 0. The Kier molecular flexibility index (Phi) is 7.31. The van der Waals surface area contributed by atoms with Gasteiger partial charge in [0, 0.05) is 22.7 Å². The zero-order valence-electron chi connectivity index (χ0n) is 21.2.